The van der Waals surface area contributed by atoms with E-state index in [1.54, 1.807) is 31.3 Å². The first-order valence-corrected chi connectivity index (χ1v) is 10.8. The molecule has 1 heterocycles. The molecule has 3 amide bonds. The lowest BCUT2D eigenvalue weighted by Crippen LogP contribution is -2.28. The molecule has 0 spiro atoms. The minimum atomic E-state index is -1.35. The Morgan fingerprint density at radius 1 is 0.938 bits per heavy atom. The van der Waals surface area contributed by atoms with Crippen molar-refractivity contribution in [3.05, 3.63) is 75.8 Å². The maximum atomic E-state index is 11.7. The van der Waals surface area contributed by atoms with Gasteiger partial charge >= 0.3 is 0 Å². The molecular formula is C23H23N4O4S-. The number of hydrogen-bond donors (Lipinski definition) is 3. The Hall–Kier alpha value is -3.72. The highest BCUT2D eigenvalue weighted by atomic mass is 32.1. The van der Waals surface area contributed by atoms with Crippen molar-refractivity contribution in [2.45, 2.75) is 26.2 Å². The van der Waals surface area contributed by atoms with Gasteiger partial charge in [0.2, 0.25) is 5.91 Å². The van der Waals surface area contributed by atoms with E-state index in [1.807, 2.05) is 24.3 Å². The molecule has 1 aromatic heterocycles. The smallest absolute Gasteiger partial charge is 0.251 e. The molecule has 8 nitrogen and oxygen atoms in total. The van der Waals surface area contributed by atoms with Gasteiger partial charge in [-0.2, -0.15) is 0 Å². The lowest BCUT2D eigenvalue weighted by Gasteiger charge is -2.08. The molecule has 0 aliphatic heterocycles. The van der Waals surface area contributed by atoms with Crippen LogP contribution in [0.1, 0.15) is 39.0 Å². The molecule has 0 saturated heterocycles. The molecule has 0 radical (unpaired) electrons. The Morgan fingerprint density at radius 3 is 2.19 bits per heavy atom. The number of carbonyl (C=O) groups is 3. The van der Waals surface area contributed by atoms with Crippen LogP contribution in [0.3, 0.4) is 0 Å². The molecule has 0 unspecified atom stereocenters. The fourth-order valence-corrected chi connectivity index (χ4v) is 4.25. The minimum Gasteiger partial charge on any atom is -0.530 e. The van der Waals surface area contributed by atoms with Crippen molar-refractivity contribution in [2.75, 3.05) is 17.7 Å². The number of nitrogens with zero attached hydrogens (tertiary/aromatic N) is 1. The number of thiazole rings is 1. The van der Waals surface area contributed by atoms with Crippen LogP contribution in [0, 0.1) is 0 Å². The third-order valence-corrected chi connectivity index (χ3v) is 5.73. The summed E-state index contributed by atoms with van der Waals surface area (Å²) in [6.45, 7) is 1.44. The number of nitrogens with one attached hydrogen (secondary N) is 3. The summed E-state index contributed by atoms with van der Waals surface area (Å²) >= 11 is 1.44. The molecule has 3 rings (SSSR count). The van der Waals surface area contributed by atoms with Crippen LogP contribution in [0.25, 0.3) is 0 Å². The van der Waals surface area contributed by atoms with Gasteiger partial charge in [-0.25, -0.2) is 4.98 Å². The van der Waals surface area contributed by atoms with Crippen molar-refractivity contribution in [3.8, 4) is 0 Å². The number of rotatable bonds is 8. The molecule has 3 aromatic rings. The Morgan fingerprint density at radius 2 is 1.59 bits per heavy atom. The van der Waals surface area contributed by atoms with Gasteiger partial charge in [0.05, 0.1) is 5.69 Å². The van der Waals surface area contributed by atoms with E-state index in [0.29, 0.717) is 35.6 Å². The van der Waals surface area contributed by atoms with Gasteiger partial charge in [0.15, 0.2) is 5.13 Å². The summed E-state index contributed by atoms with van der Waals surface area (Å²) in [6.07, 6.45) is 0.653. The second-order valence-corrected chi connectivity index (χ2v) is 8.22. The summed E-state index contributed by atoms with van der Waals surface area (Å²) in [5, 5.41) is 18.7. The number of amides is 3. The van der Waals surface area contributed by atoms with Crippen LogP contribution in [0.2, 0.25) is 0 Å². The number of anilines is 2. The zero-order valence-electron chi connectivity index (χ0n) is 17.7. The summed E-state index contributed by atoms with van der Waals surface area (Å²) < 4.78 is 0. The number of benzene rings is 2. The zero-order valence-corrected chi connectivity index (χ0v) is 18.5. The Labute approximate surface area is 189 Å². The van der Waals surface area contributed by atoms with Crippen LogP contribution in [-0.2, 0) is 24.1 Å². The van der Waals surface area contributed by atoms with E-state index in [9.17, 15) is 19.5 Å². The van der Waals surface area contributed by atoms with Gasteiger partial charge in [-0.05, 0) is 48.2 Å². The molecule has 0 aliphatic rings. The van der Waals surface area contributed by atoms with E-state index in [1.165, 1.54) is 18.3 Å². The molecule has 0 bridgehead atoms. The van der Waals surface area contributed by atoms with Crippen LogP contribution in [0.5, 0.6) is 0 Å². The first-order chi connectivity index (χ1) is 15.3. The van der Waals surface area contributed by atoms with Gasteiger partial charge in [-0.15, -0.1) is 11.3 Å². The first kappa shape index (κ1) is 23.0. The number of carbonyl (C=O) groups excluding carboxylic acids is 3. The molecule has 0 saturated carbocycles. The van der Waals surface area contributed by atoms with E-state index in [-0.39, 0.29) is 11.8 Å². The summed E-state index contributed by atoms with van der Waals surface area (Å²) in [7, 11) is 1.59. The number of carboxylic acid groups (broad SMARTS) is 1. The summed E-state index contributed by atoms with van der Waals surface area (Å²) in [5.74, 6) is -0.313. The van der Waals surface area contributed by atoms with Crippen molar-refractivity contribution in [2.24, 2.45) is 0 Å². The van der Waals surface area contributed by atoms with Crippen LogP contribution >= 0.6 is 11.3 Å². The van der Waals surface area contributed by atoms with E-state index in [2.05, 4.69) is 20.9 Å². The molecule has 3 N–H and O–H groups in total. The highest BCUT2D eigenvalue weighted by Gasteiger charge is 2.14. The van der Waals surface area contributed by atoms with E-state index in [4.69, 9.17) is 0 Å². The lowest BCUT2D eigenvalue weighted by atomic mass is 10.0. The molecular weight excluding hydrogens is 428 g/mol. The van der Waals surface area contributed by atoms with Gasteiger partial charge in [-0.3, -0.25) is 9.59 Å². The monoisotopic (exact) mass is 451 g/mol. The third kappa shape index (κ3) is 6.39. The van der Waals surface area contributed by atoms with Crippen LogP contribution in [0.15, 0.2) is 48.5 Å². The predicted molar refractivity (Wildman–Crippen MR) is 122 cm³/mol. The van der Waals surface area contributed by atoms with Gasteiger partial charge < -0.3 is 25.9 Å². The molecule has 0 atom stereocenters. The van der Waals surface area contributed by atoms with Crippen molar-refractivity contribution in [3.63, 3.8) is 0 Å². The maximum absolute atomic E-state index is 11.7. The van der Waals surface area contributed by atoms with Crippen molar-refractivity contribution >= 4 is 40.1 Å². The van der Waals surface area contributed by atoms with Gasteiger partial charge in [0.1, 0.15) is 6.09 Å². The second-order valence-electron chi connectivity index (χ2n) is 7.13. The average Bonchev–Trinajstić information content (AvgIpc) is 3.13. The highest BCUT2D eigenvalue weighted by molar-refractivity contribution is 7.15. The SMILES string of the molecule is CNC(=O)c1ccc(Cc2sc(NC(C)=O)nc2CCc2ccc(NC(=O)[O-])cc2)cc1. The number of hydrogen-bond acceptors (Lipinski definition) is 6. The lowest BCUT2D eigenvalue weighted by molar-refractivity contribution is -0.242. The van der Waals surface area contributed by atoms with Crippen LogP contribution < -0.4 is 21.1 Å². The largest absolute Gasteiger partial charge is 0.530 e. The van der Waals surface area contributed by atoms with Crippen molar-refractivity contribution in [1.29, 1.82) is 0 Å². The molecule has 32 heavy (non-hydrogen) atoms. The van der Waals surface area contributed by atoms with Crippen molar-refractivity contribution in [1.82, 2.24) is 10.3 Å². The maximum Gasteiger partial charge on any atom is 0.251 e. The fourth-order valence-electron chi connectivity index (χ4n) is 3.16. The number of aromatic nitrogens is 1. The van der Waals surface area contributed by atoms with E-state index >= 15 is 0 Å². The Bertz CT molecular complexity index is 1110. The minimum absolute atomic E-state index is 0.135. The third-order valence-electron chi connectivity index (χ3n) is 4.72. The average molecular weight is 452 g/mol. The van der Waals surface area contributed by atoms with Gasteiger partial charge in [-0.1, -0.05) is 24.3 Å². The normalized spacial score (nSPS) is 10.4. The Balaban J connectivity index is 1.74. The predicted octanol–water partition coefficient (Wildman–Crippen LogP) is 2.59. The molecule has 9 heteroatoms. The molecule has 0 fully saturated rings. The number of aryl methyl sites for hydroxylation is 2. The standard InChI is InChI=1S/C23H24N4O4S/c1-14(28)25-22-27-19(12-7-15-5-10-18(11-6-15)26-23(30)31)20(32-22)13-16-3-8-17(9-4-16)21(29)24-2/h3-6,8-11,26H,7,12-13H2,1-2H3,(H,24,29)(H,30,31)(H,25,27,28)/p-1. The van der Waals surface area contributed by atoms with Gasteiger partial charge in [0.25, 0.3) is 5.91 Å². The van der Waals surface area contributed by atoms with Crippen LogP contribution in [-0.4, -0.2) is 29.9 Å². The second kappa shape index (κ2) is 10.5. The first-order valence-electron chi connectivity index (χ1n) is 9.98. The molecule has 166 valence electrons. The van der Waals surface area contributed by atoms with Gasteiger partial charge in [0, 0.05) is 36.5 Å². The van der Waals surface area contributed by atoms with Crippen molar-refractivity contribution < 1.29 is 19.5 Å². The summed E-state index contributed by atoms with van der Waals surface area (Å²) in [4.78, 5) is 39.5. The van der Waals surface area contributed by atoms with Crippen LogP contribution in [0.4, 0.5) is 15.6 Å². The quantitative estimate of drug-likeness (QED) is 0.486. The zero-order chi connectivity index (χ0) is 23.1. The summed E-state index contributed by atoms with van der Waals surface area (Å²) in [5.41, 5.74) is 4.01. The van der Waals surface area contributed by atoms with E-state index in [0.717, 1.165) is 21.7 Å². The summed E-state index contributed by atoms with van der Waals surface area (Å²) in [6, 6.07) is 14.5. The van der Waals surface area contributed by atoms with E-state index < -0.39 is 6.09 Å². The fraction of sp³-hybridized carbons (Fsp3) is 0.217. The highest BCUT2D eigenvalue weighted by Crippen LogP contribution is 2.27. The Kier molecular flexibility index (Phi) is 7.56. The molecule has 0 aliphatic carbocycles. The topological polar surface area (TPSA) is 123 Å². The molecule has 2 aromatic carbocycles.